The molecular formula is C15H21NO2. The Labute approximate surface area is 109 Å². The second-order valence-electron chi connectivity index (χ2n) is 4.97. The van der Waals surface area contributed by atoms with Gasteiger partial charge >= 0.3 is 0 Å². The van der Waals surface area contributed by atoms with Crippen molar-refractivity contribution in [2.75, 3.05) is 13.2 Å². The molecule has 18 heavy (non-hydrogen) atoms. The predicted octanol–water partition coefficient (Wildman–Crippen LogP) is 2.69. The third-order valence-electron chi connectivity index (χ3n) is 3.34. The topological polar surface area (TPSA) is 29.5 Å². The largest absolute Gasteiger partial charge is 0.483 e. The molecule has 1 aliphatic carbocycles. The standard InChI is InChI=1S/C15H21NO2/c1-4-16(13-7-8-13)15(17)10-18-14-9-11(2)5-6-12(14)3/h5-6,9,13H,4,7-8,10H2,1-3H3. The fraction of sp³-hybridized carbons (Fsp3) is 0.533. The second-order valence-corrected chi connectivity index (χ2v) is 4.97. The molecule has 0 N–H and O–H groups in total. The van der Waals surface area contributed by atoms with E-state index in [-0.39, 0.29) is 12.5 Å². The molecule has 0 saturated heterocycles. The number of aryl methyl sites for hydroxylation is 2. The van der Waals surface area contributed by atoms with Gasteiger partial charge in [-0.25, -0.2) is 0 Å². The van der Waals surface area contributed by atoms with Gasteiger partial charge in [-0.05, 0) is 50.8 Å². The summed E-state index contributed by atoms with van der Waals surface area (Å²) in [7, 11) is 0. The van der Waals surface area contributed by atoms with Crippen LogP contribution in [-0.2, 0) is 4.79 Å². The summed E-state index contributed by atoms with van der Waals surface area (Å²) < 4.78 is 5.65. The van der Waals surface area contributed by atoms with Crippen molar-refractivity contribution < 1.29 is 9.53 Å². The van der Waals surface area contributed by atoms with Gasteiger partial charge in [-0.15, -0.1) is 0 Å². The maximum absolute atomic E-state index is 12.0. The number of likely N-dealkylation sites (N-methyl/N-ethyl adjacent to an activating group) is 1. The van der Waals surface area contributed by atoms with Gasteiger partial charge in [0.1, 0.15) is 5.75 Å². The van der Waals surface area contributed by atoms with Gasteiger partial charge in [-0.3, -0.25) is 4.79 Å². The monoisotopic (exact) mass is 247 g/mol. The summed E-state index contributed by atoms with van der Waals surface area (Å²) in [6.07, 6.45) is 2.28. The van der Waals surface area contributed by atoms with Crippen LogP contribution in [0.15, 0.2) is 18.2 Å². The lowest BCUT2D eigenvalue weighted by molar-refractivity contribution is -0.133. The molecule has 1 fully saturated rings. The Morgan fingerprint density at radius 2 is 2.11 bits per heavy atom. The summed E-state index contributed by atoms with van der Waals surface area (Å²) in [5, 5.41) is 0. The van der Waals surface area contributed by atoms with Crippen LogP contribution in [0.25, 0.3) is 0 Å². The molecule has 0 spiro atoms. The van der Waals surface area contributed by atoms with Gasteiger partial charge in [-0.1, -0.05) is 12.1 Å². The number of benzene rings is 1. The summed E-state index contributed by atoms with van der Waals surface area (Å²) in [6.45, 7) is 6.97. The lowest BCUT2D eigenvalue weighted by Crippen LogP contribution is -2.36. The van der Waals surface area contributed by atoms with Gasteiger partial charge in [-0.2, -0.15) is 0 Å². The van der Waals surface area contributed by atoms with Gasteiger partial charge in [0.2, 0.25) is 0 Å². The van der Waals surface area contributed by atoms with E-state index >= 15 is 0 Å². The van der Waals surface area contributed by atoms with E-state index < -0.39 is 0 Å². The maximum atomic E-state index is 12.0. The van der Waals surface area contributed by atoms with E-state index in [4.69, 9.17) is 4.74 Å². The van der Waals surface area contributed by atoms with Crippen molar-refractivity contribution in [3.05, 3.63) is 29.3 Å². The third kappa shape index (κ3) is 3.03. The minimum atomic E-state index is 0.0981. The molecule has 98 valence electrons. The number of nitrogens with zero attached hydrogens (tertiary/aromatic N) is 1. The van der Waals surface area contributed by atoms with Crippen molar-refractivity contribution >= 4 is 5.91 Å². The predicted molar refractivity (Wildman–Crippen MR) is 71.8 cm³/mol. The third-order valence-corrected chi connectivity index (χ3v) is 3.34. The summed E-state index contributed by atoms with van der Waals surface area (Å²) >= 11 is 0. The Bertz CT molecular complexity index is 438. The van der Waals surface area contributed by atoms with Gasteiger partial charge < -0.3 is 9.64 Å². The van der Waals surface area contributed by atoms with Crippen molar-refractivity contribution in [2.45, 2.75) is 39.7 Å². The molecule has 2 rings (SSSR count). The van der Waals surface area contributed by atoms with Crippen LogP contribution < -0.4 is 4.74 Å². The maximum Gasteiger partial charge on any atom is 0.260 e. The zero-order valence-electron chi connectivity index (χ0n) is 11.4. The number of rotatable bonds is 5. The Balaban J connectivity index is 1.94. The minimum absolute atomic E-state index is 0.0981. The van der Waals surface area contributed by atoms with Crippen LogP contribution in [0.4, 0.5) is 0 Å². The van der Waals surface area contributed by atoms with Crippen molar-refractivity contribution in [3.8, 4) is 5.75 Å². The Hall–Kier alpha value is -1.51. The second kappa shape index (κ2) is 5.42. The summed E-state index contributed by atoms with van der Waals surface area (Å²) in [4.78, 5) is 13.9. The van der Waals surface area contributed by atoms with Crippen LogP contribution in [0.2, 0.25) is 0 Å². The quantitative estimate of drug-likeness (QED) is 0.800. The number of hydrogen-bond acceptors (Lipinski definition) is 2. The first kappa shape index (κ1) is 12.9. The van der Waals surface area contributed by atoms with E-state index in [1.807, 2.05) is 43.9 Å². The van der Waals surface area contributed by atoms with Gasteiger partial charge in [0.25, 0.3) is 5.91 Å². The normalized spacial score (nSPS) is 14.4. The van der Waals surface area contributed by atoms with E-state index in [1.165, 1.54) is 0 Å². The first-order chi connectivity index (χ1) is 8.61. The van der Waals surface area contributed by atoms with Crippen molar-refractivity contribution in [1.29, 1.82) is 0 Å². The summed E-state index contributed by atoms with van der Waals surface area (Å²) in [6, 6.07) is 6.51. The fourth-order valence-corrected chi connectivity index (χ4v) is 2.11. The lowest BCUT2D eigenvalue weighted by Gasteiger charge is -2.20. The van der Waals surface area contributed by atoms with Crippen LogP contribution in [0, 0.1) is 13.8 Å². The Kier molecular flexibility index (Phi) is 3.90. The minimum Gasteiger partial charge on any atom is -0.483 e. The van der Waals surface area contributed by atoms with Gasteiger partial charge in [0.15, 0.2) is 6.61 Å². The molecule has 1 aromatic carbocycles. The SMILES string of the molecule is CCN(C(=O)COc1cc(C)ccc1C)C1CC1. The number of hydrogen-bond donors (Lipinski definition) is 0. The average Bonchev–Trinajstić information content (AvgIpc) is 3.16. The number of ether oxygens (including phenoxy) is 1. The highest BCUT2D eigenvalue weighted by Gasteiger charge is 2.31. The molecule has 0 radical (unpaired) electrons. The zero-order valence-corrected chi connectivity index (χ0v) is 11.4. The molecule has 3 nitrogen and oxygen atoms in total. The molecule has 0 heterocycles. The molecule has 0 aliphatic heterocycles. The lowest BCUT2D eigenvalue weighted by atomic mass is 10.1. The smallest absolute Gasteiger partial charge is 0.260 e. The highest BCUT2D eigenvalue weighted by atomic mass is 16.5. The molecule has 1 amide bonds. The highest BCUT2D eigenvalue weighted by Crippen LogP contribution is 2.27. The van der Waals surface area contributed by atoms with Crippen LogP contribution >= 0.6 is 0 Å². The summed E-state index contributed by atoms with van der Waals surface area (Å²) in [5.74, 6) is 0.913. The van der Waals surface area contributed by atoms with E-state index in [2.05, 4.69) is 0 Å². The number of amides is 1. The van der Waals surface area contributed by atoms with Gasteiger partial charge in [0.05, 0.1) is 0 Å². The first-order valence-electron chi connectivity index (χ1n) is 6.61. The van der Waals surface area contributed by atoms with E-state index in [0.717, 1.165) is 36.3 Å². The van der Waals surface area contributed by atoms with E-state index in [9.17, 15) is 4.79 Å². The van der Waals surface area contributed by atoms with Crippen LogP contribution in [0.5, 0.6) is 5.75 Å². The molecule has 0 unspecified atom stereocenters. The Morgan fingerprint density at radius 1 is 1.39 bits per heavy atom. The van der Waals surface area contributed by atoms with Gasteiger partial charge in [0, 0.05) is 12.6 Å². The summed E-state index contributed by atoms with van der Waals surface area (Å²) in [5.41, 5.74) is 2.22. The van der Waals surface area contributed by atoms with Crippen molar-refractivity contribution in [2.24, 2.45) is 0 Å². The molecule has 1 saturated carbocycles. The molecule has 0 atom stereocenters. The van der Waals surface area contributed by atoms with Crippen LogP contribution in [0.3, 0.4) is 0 Å². The molecule has 0 bridgehead atoms. The first-order valence-corrected chi connectivity index (χ1v) is 6.61. The van der Waals surface area contributed by atoms with E-state index in [1.54, 1.807) is 0 Å². The molecule has 1 aromatic rings. The molecule has 1 aliphatic rings. The van der Waals surface area contributed by atoms with Crippen LogP contribution in [-0.4, -0.2) is 30.0 Å². The number of carbonyl (C=O) groups is 1. The molecule has 0 aromatic heterocycles. The van der Waals surface area contributed by atoms with Crippen LogP contribution in [0.1, 0.15) is 30.9 Å². The van der Waals surface area contributed by atoms with E-state index in [0.29, 0.717) is 6.04 Å². The highest BCUT2D eigenvalue weighted by molar-refractivity contribution is 5.78. The molecular weight excluding hydrogens is 226 g/mol. The average molecular weight is 247 g/mol. The van der Waals surface area contributed by atoms with Crippen molar-refractivity contribution in [1.82, 2.24) is 4.90 Å². The molecule has 3 heteroatoms. The van der Waals surface area contributed by atoms with Crippen molar-refractivity contribution in [3.63, 3.8) is 0 Å². The fourth-order valence-electron chi connectivity index (χ4n) is 2.11. The Morgan fingerprint density at radius 3 is 2.72 bits per heavy atom. The zero-order chi connectivity index (χ0) is 13.1. The number of carbonyl (C=O) groups excluding carboxylic acids is 1.